The standard InChI is InChI=1S/C19H26N6O2/c1-19(2,3)27-8-4-7-22-18(26)16-17(24-14-9-20-12-21-10-14)23-11-15(25-16)13-5-6-13/h9-13H,4-8H2,1-3H3,(H,22,26)(H,23,24). The maximum atomic E-state index is 12.7. The summed E-state index contributed by atoms with van der Waals surface area (Å²) in [5.41, 5.74) is 1.63. The summed E-state index contributed by atoms with van der Waals surface area (Å²) in [6, 6.07) is 0. The quantitative estimate of drug-likeness (QED) is 0.689. The van der Waals surface area contributed by atoms with Crippen LogP contribution in [0.25, 0.3) is 0 Å². The molecule has 27 heavy (non-hydrogen) atoms. The van der Waals surface area contributed by atoms with E-state index < -0.39 is 0 Å². The molecule has 0 unspecified atom stereocenters. The van der Waals surface area contributed by atoms with Crippen molar-refractivity contribution in [2.24, 2.45) is 0 Å². The highest BCUT2D eigenvalue weighted by Gasteiger charge is 2.27. The van der Waals surface area contributed by atoms with Gasteiger partial charge in [-0.1, -0.05) is 0 Å². The Morgan fingerprint density at radius 1 is 1.22 bits per heavy atom. The van der Waals surface area contributed by atoms with Crippen LogP contribution in [0.15, 0.2) is 24.9 Å². The van der Waals surface area contributed by atoms with Crippen molar-refractivity contribution < 1.29 is 9.53 Å². The molecule has 1 aliphatic carbocycles. The highest BCUT2D eigenvalue weighted by Crippen LogP contribution is 2.39. The molecule has 0 atom stereocenters. The van der Waals surface area contributed by atoms with E-state index in [1.165, 1.54) is 6.33 Å². The summed E-state index contributed by atoms with van der Waals surface area (Å²) >= 11 is 0. The average Bonchev–Trinajstić information content (AvgIpc) is 3.46. The van der Waals surface area contributed by atoms with Gasteiger partial charge in [-0.15, -0.1) is 0 Å². The summed E-state index contributed by atoms with van der Waals surface area (Å²) < 4.78 is 5.67. The molecule has 1 aliphatic rings. The third-order valence-electron chi connectivity index (χ3n) is 3.97. The Balaban J connectivity index is 1.65. The zero-order chi connectivity index (χ0) is 19.3. The fourth-order valence-corrected chi connectivity index (χ4v) is 2.46. The normalized spacial score (nSPS) is 14.0. The minimum Gasteiger partial charge on any atom is -0.376 e. The highest BCUT2D eigenvalue weighted by atomic mass is 16.5. The summed E-state index contributed by atoms with van der Waals surface area (Å²) in [6.07, 6.45) is 9.34. The number of hydrogen-bond acceptors (Lipinski definition) is 7. The van der Waals surface area contributed by atoms with Gasteiger partial charge in [0.25, 0.3) is 5.91 Å². The van der Waals surface area contributed by atoms with Crippen LogP contribution in [0.3, 0.4) is 0 Å². The first-order valence-corrected chi connectivity index (χ1v) is 9.23. The van der Waals surface area contributed by atoms with Crippen LogP contribution < -0.4 is 10.6 Å². The molecule has 0 aliphatic heterocycles. The van der Waals surface area contributed by atoms with Gasteiger partial charge in [0.2, 0.25) is 0 Å². The molecule has 8 nitrogen and oxygen atoms in total. The van der Waals surface area contributed by atoms with E-state index in [1.807, 2.05) is 20.8 Å². The second kappa shape index (κ2) is 8.39. The third kappa shape index (κ3) is 5.96. The number of rotatable bonds is 8. The first-order chi connectivity index (χ1) is 12.9. The molecule has 144 valence electrons. The summed E-state index contributed by atoms with van der Waals surface area (Å²) in [5.74, 6) is 0.566. The molecule has 8 heteroatoms. The van der Waals surface area contributed by atoms with E-state index in [0.717, 1.165) is 25.0 Å². The van der Waals surface area contributed by atoms with Crippen LogP contribution in [-0.4, -0.2) is 44.6 Å². The van der Waals surface area contributed by atoms with Gasteiger partial charge < -0.3 is 15.4 Å². The zero-order valence-corrected chi connectivity index (χ0v) is 16.0. The molecule has 1 saturated carbocycles. The maximum absolute atomic E-state index is 12.7. The van der Waals surface area contributed by atoms with E-state index in [0.29, 0.717) is 36.3 Å². The van der Waals surface area contributed by atoms with Crippen molar-refractivity contribution in [1.82, 2.24) is 25.3 Å². The Labute approximate surface area is 159 Å². The monoisotopic (exact) mass is 370 g/mol. The van der Waals surface area contributed by atoms with Crippen molar-refractivity contribution in [2.75, 3.05) is 18.5 Å². The molecule has 0 radical (unpaired) electrons. The smallest absolute Gasteiger partial charge is 0.273 e. The summed E-state index contributed by atoms with van der Waals surface area (Å²) in [6.45, 7) is 7.13. The fraction of sp³-hybridized carbons (Fsp3) is 0.526. The Bertz CT molecular complexity index is 772. The van der Waals surface area contributed by atoms with E-state index in [9.17, 15) is 4.79 Å². The summed E-state index contributed by atoms with van der Waals surface area (Å²) in [5, 5.41) is 5.98. The van der Waals surface area contributed by atoms with Gasteiger partial charge in [-0.2, -0.15) is 0 Å². The van der Waals surface area contributed by atoms with E-state index in [-0.39, 0.29) is 11.5 Å². The van der Waals surface area contributed by atoms with Crippen molar-refractivity contribution in [3.05, 3.63) is 36.3 Å². The lowest BCUT2D eigenvalue weighted by atomic mass is 10.2. The predicted molar refractivity (Wildman–Crippen MR) is 102 cm³/mol. The molecule has 0 bridgehead atoms. The SMILES string of the molecule is CC(C)(C)OCCCNC(=O)c1nc(C2CC2)cnc1Nc1cncnc1. The van der Waals surface area contributed by atoms with E-state index in [4.69, 9.17) is 4.74 Å². The van der Waals surface area contributed by atoms with Crippen molar-refractivity contribution in [2.45, 2.75) is 51.6 Å². The van der Waals surface area contributed by atoms with E-state index in [1.54, 1.807) is 18.6 Å². The number of amides is 1. The van der Waals surface area contributed by atoms with Gasteiger partial charge in [0.05, 0.1) is 35.6 Å². The molecule has 2 N–H and O–H groups in total. The number of nitrogens with one attached hydrogen (secondary N) is 2. The van der Waals surface area contributed by atoms with Gasteiger partial charge in [-0.25, -0.2) is 19.9 Å². The minimum atomic E-state index is -0.250. The average molecular weight is 370 g/mol. The lowest BCUT2D eigenvalue weighted by Crippen LogP contribution is -2.28. The van der Waals surface area contributed by atoms with Gasteiger partial charge in [-0.3, -0.25) is 4.79 Å². The number of ether oxygens (including phenoxy) is 1. The number of carbonyl (C=O) groups is 1. The van der Waals surface area contributed by atoms with Crippen LogP contribution >= 0.6 is 0 Å². The van der Waals surface area contributed by atoms with Gasteiger partial charge in [0.15, 0.2) is 11.5 Å². The van der Waals surface area contributed by atoms with Gasteiger partial charge in [0, 0.05) is 19.1 Å². The van der Waals surface area contributed by atoms with Crippen LogP contribution in [0.2, 0.25) is 0 Å². The molecule has 1 amide bonds. The summed E-state index contributed by atoms with van der Waals surface area (Å²) in [4.78, 5) is 29.6. The second-order valence-electron chi connectivity index (χ2n) is 7.59. The maximum Gasteiger partial charge on any atom is 0.273 e. The number of hydrogen-bond donors (Lipinski definition) is 2. The van der Waals surface area contributed by atoms with Gasteiger partial charge in [-0.05, 0) is 40.0 Å². The Kier molecular flexibility index (Phi) is 5.95. The van der Waals surface area contributed by atoms with Crippen LogP contribution in [-0.2, 0) is 4.74 Å². The van der Waals surface area contributed by atoms with Crippen molar-refractivity contribution in [3.8, 4) is 0 Å². The highest BCUT2D eigenvalue weighted by molar-refractivity contribution is 5.97. The summed E-state index contributed by atoms with van der Waals surface area (Å²) in [7, 11) is 0. The second-order valence-corrected chi connectivity index (χ2v) is 7.59. The predicted octanol–water partition coefficient (Wildman–Crippen LogP) is 2.82. The fourth-order valence-electron chi connectivity index (χ4n) is 2.46. The zero-order valence-electron chi connectivity index (χ0n) is 16.0. The van der Waals surface area contributed by atoms with Gasteiger partial charge >= 0.3 is 0 Å². The van der Waals surface area contributed by atoms with Crippen LogP contribution in [0.4, 0.5) is 11.5 Å². The number of carbonyl (C=O) groups excluding carboxylic acids is 1. The van der Waals surface area contributed by atoms with Crippen LogP contribution in [0.1, 0.15) is 62.1 Å². The first-order valence-electron chi connectivity index (χ1n) is 9.23. The lowest BCUT2D eigenvalue weighted by Gasteiger charge is -2.19. The Morgan fingerprint density at radius 3 is 2.63 bits per heavy atom. The number of aromatic nitrogens is 4. The van der Waals surface area contributed by atoms with Crippen LogP contribution in [0, 0.1) is 0 Å². The third-order valence-corrected chi connectivity index (χ3v) is 3.97. The molecule has 0 saturated heterocycles. The Hall–Kier alpha value is -2.61. The molecule has 1 fully saturated rings. The number of anilines is 2. The number of nitrogens with zero attached hydrogens (tertiary/aromatic N) is 4. The van der Waals surface area contributed by atoms with E-state index >= 15 is 0 Å². The van der Waals surface area contributed by atoms with Crippen LogP contribution in [0.5, 0.6) is 0 Å². The topological polar surface area (TPSA) is 102 Å². The molecule has 2 aromatic heterocycles. The van der Waals surface area contributed by atoms with Crippen molar-refractivity contribution in [3.63, 3.8) is 0 Å². The largest absolute Gasteiger partial charge is 0.376 e. The molecule has 3 rings (SSSR count). The molecular weight excluding hydrogens is 344 g/mol. The molecular formula is C19H26N6O2. The van der Waals surface area contributed by atoms with Gasteiger partial charge in [0.1, 0.15) is 6.33 Å². The Morgan fingerprint density at radius 2 is 1.96 bits per heavy atom. The van der Waals surface area contributed by atoms with Crippen molar-refractivity contribution in [1.29, 1.82) is 0 Å². The lowest BCUT2D eigenvalue weighted by molar-refractivity contribution is -0.00364. The van der Waals surface area contributed by atoms with E-state index in [2.05, 4.69) is 30.6 Å². The first kappa shape index (κ1) is 19.2. The molecule has 0 aromatic carbocycles. The van der Waals surface area contributed by atoms with Crippen molar-refractivity contribution >= 4 is 17.4 Å². The molecule has 0 spiro atoms. The molecule has 2 heterocycles. The minimum absolute atomic E-state index is 0.178. The molecule has 2 aromatic rings.